The normalized spacial score (nSPS) is 10.4. The van der Waals surface area contributed by atoms with Crippen molar-refractivity contribution >= 4 is 29.0 Å². The molecule has 3 aromatic rings. The number of nitrogens with zero attached hydrogens (tertiary/aromatic N) is 3. The third-order valence-corrected chi connectivity index (χ3v) is 4.97. The van der Waals surface area contributed by atoms with E-state index in [4.69, 9.17) is 5.73 Å². The summed E-state index contributed by atoms with van der Waals surface area (Å²) >= 11 is 1.40. The number of halogens is 1. The van der Waals surface area contributed by atoms with Gasteiger partial charge in [0.2, 0.25) is 5.91 Å². The number of aromatic nitrogens is 2. The lowest BCUT2D eigenvalue weighted by molar-refractivity contribution is -0.120. The maximum atomic E-state index is 13.1. The molecule has 0 aliphatic rings. The largest absolute Gasteiger partial charge is 0.382 e. The smallest absolute Gasteiger partial charge is 0.252 e. The van der Waals surface area contributed by atoms with Crippen LogP contribution in [0.4, 0.5) is 10.2 Å². The number of carbonyl (C=O) groups excluding carboxylic acids is 2. The first-order valence-corrected chi connectivity index (χ1v) is 10.0. The molecule has 0 saturated heterocycles. The molecule has 0 aliphatic carbocycles. The first-order valence-electron chi connectivity index (χ1n) is 9.10. The number of rotatable bonds is 8. The molecule has 10 heteroatoms. The summed E-state index contributed by atoms with van der Waals surface area (Å²) in [5.41, 5.74) is 7.84. The van der Waals surface area contributed by atoms with Gasteiger partial charge >= 0.3 is 0 Å². The van der Waals surface area contributed by atoms with Gasteiger partial charge in [0, 0.05) is 17.5 Å². The van der Waals surface area contributed by atoms with Gasteiger partial charge < -0.3 is 16.4 Å². The lowest BCUT2D eigenvalue weighted by Gasteiger charge is -2.06. The third kappa shape index (κ3) is 5.01. The fourth-order valence-electron chi connectivity index (χ4n) is 2.76. The summed E-state index contributed by atoms with van der Waals surface area (Å²) < 4.78 is 14.5. The molecule has 0 aliphatic heterocycles. The molecular weight excluding hydrogens is 407 g/mol. The molecule has 2 heterocycles. The van der Waals surface area contributed by atoms with Crippen molar-refractivity contribution < 1.29 is 14.0 Å². The van der Waals surface area contributed by atoms with Gasteiger partial charge in [0.25, 0.3) is 5.91 Å². The molecule has 0 atom stereocenters. The molecule has 2 aromatic heterocycles. The van der Waals surface area contributed by atoms with Gasteiger partial charge in [0.15, 0.2) is 0 Å². The zero-order chi connectivity index (χ0) is 21.5. The van der Waals surface area contributed by atoms with E-state index in [0.717, 1.165) is 0 Å². The summed E-state index contributed by atoms with van der Waals surface area (Å²) in [6.45, 7) is 0.228. The van der Waals surface area contributed by atoms with Crippen LogP contribution in [0.25, 0.3) is 5.69 Å². The Labute approximate surface area is 176 Å². The first-order chi connectivity index (χ1) is 14.5. The van der Waals surface area contributed by atoms with Crippen molar-refractivity contribution in [3.63, 3.8) is 0 Å². The van der Waals surface area contributed by atoms with E-state index < -0.39 is 0 Å². The molecule has 3 rings (SSSR count). The van der Waals surface area contributed by atoms with Gasteiger partial charge in [-0.1, -0.05) is 0 Å². The van der Waals surface area contributed by atoms with Crippen LogP contribution in [0.1, 0.15) is 28.0 Å². The lowest BCUT2D eigenvalue weighted by atomic mass is 10.1. The molecule has 0 radical (unpaired) electrons. The minimum absolute atomic E-state index is 0.121. The summed E-state index contributed by atoms with van der Waals surface area (Å²) in [4.78, 5) is 23.7. The number of nitrogen functional groups attached to an aromatic ring is 1. The topological polar surface area (TPSA) is 126 Å². The number of amides is 2. The Balaban J connectivity index is 1.50. The number of hydrogen-bond donors (Lipinski definition) is 3. The second-order valence-electron chi connectivity index (χ2n) is 6.36. The van der Waals surface area contributed by atoms with Crippen LogP contribution in [-0.4, -0.2) is 34.7 Å². The molecular formula is C20H19FN6O2S. The number of thiophene rings is 1. The number of hydrogen-bond acceptors (Lipinski definition) is 6. The summed E-state index contributed by atoms with van der Waals surface area (Å²) in [7, 11) is 0. The van der Waals surface area contributed by atoms with Crippen molar-refractivity contribution in [2.24, 2.45) is 0 Å². The number of anilines is 1. The van der Waals surface area contributed by atoms with E-state index in [1.54, 1.807) is 16.8 Å². The second kappa shape index (κ2) is 9.67. The van der Waals surface area contributed by atoms with Gasteiger partial charge in [0.1, 0.15) is 23.3 Å². The van der Waals surface area contributed by atoms with E-state index >= 15 is 0 Å². The highest BCUT2D eigenvalue weighted by molar-refractivity contribution is 7.08. The summed E-state index contributed by atoms with van der Waals surface area (Å²) in [6, 6.07) is 9.34. The maximum absolute atomic E-state index is 13.1. The fourth-order valence-corrected chi connectivity index (χ4v) is 3.39. The molecule has 0 spiro atoms. The molecule has 30 heavy (non-hydrogen) atoms. The van der Waals surface area contributed by atoms with E-state index in [1.165, 1.54) is 40.3 Å². The number of benzene rings is 1. The number of carbonyl (C=O) groups is 2. The minimum atomic E-state index is -0.382. The molecule has 154 valence electrons. The Bertz CT molecular complexity index is 1070. The molecule has 1 aromatic carbocycles. The van der Waals surface area contributed by atoms with Gasteiger partial charge in [-0.2, -0.15) is 21.7 Å². The van der Waals surface area contributed by atoms with Crippen molar-refractivity contribution in [1.82, 2.24) is 20.4 Å². The maximum Gasteiger partial charge on any atom is 0.252 e. The van der Waals surface area contributed by atoms with Crippen LogP contribution in [0.3, 0.4) is 0 Å². The third-order valence-electron chi connectivity index (χ3n) is 4.28. The Morgan fingerprint density at radius 3 is 2.67 bits per heavy atom. The number of nitrogens with one attached hydrogen (secondary N) is 2. The van der Waals surface area contributed by atoms with Crippen LogP contribution in [0.2, 0.25) is 0 Å². The Hall–Kier alpha value is -3.71. The van der Waals surface area contributed by atoms with Gasteiger partial charge in [0.05, 0.1) is 17.9 Å². The molecule has 8 nitrogen and oxygen atoms in total. The van der Waals surface area contributed by atoms with Crippen LogP contribution in [0.5, 0.6) is 0 Å². The Morgan fingerprint density at radius 1 is 1.23 bits per heavy atom. The van der Waals surface area contributed by atoms with Gasteiger partial charge in [-0.05, 0) is 48.6 Å². The quantitative estimate of drug-likeness (QED) is 0.475. The number of aryl methyl sites for hydroxylation is 1. The molecule has 0 bridgehead atoms. The number of nitrogens with two attached hydrogens (primary N) is 1. The Kier molecular flexibility index (Phi) is 6.77. The molecule has 4 N–H and O–H groups in total. The zero-order valence-corrected chi connectivity index (χ0v) is 16.7. The second-order valence-corrected chi connectivity index (χ2v) is 7.14. The van der Waals surface area contributed by atoms with E-state index in [-0.39, 0.29) is 35.6 Å². The summed E-state index contributed by atoms with van der Waals surface area (Å²) in [6.07, 6.45) is 0.946. The van der Waals surface area contributed by atoms with Crippen LogP contribution in [-0.2, 0) is 11.2 Å². The van der Waals surface area contributed by atoms with Gasteiger partial charge in [-0.3, -0.25) is 9.59 Å². The van der Waals surface area contributed by atoms with Crippen LogP contribution < -0.4 is 16.4 Å². The van der Waals surface area contributed by atoms with E-state index in [9.17, 15) is 19.2 Å². The molecule has 2 amide bonds. The van der Waals surface area contributed by atoms with Crippen LogP contribution >= 0.6 is 11.3 Å². The van der Waals surface area contributed by atoms with Gasteiger partial charge in [-0.25, -0.2) is 9.07 Å². The molecule has 0 saturated carbocycles. The van der Waals surface area contributed by atoms with Crippen LogP contribution in [0.15, 0.2) is 41.1 Å². The number of nitriles is 1. The van der Waals surface area contributed by atoms with Crippen molar-refractivity contribution in [3.05, 3.63) is 63.7 Å². The highest BCUT2D eigenvalue weighted by atomic mass is 32.1. The fraction of sp³-hybridized carbons (Fsp3) is 0.200. The van der Waals surface area contributed by atoms with Crippen molar-refractivity contribution in [2.45, 2.75) is 12.8 Å². The monoisotopic (exact) mass is 426 g/mol. The highest BCUT2D eigenvalue weighted by Crippen LogP contribution is 2.21. The average Bonchev–Trinajstić information content (AvgIpc) is 3.38. The van der Waals surface area contributed by atoms with Crippen molar-refractivity contribution in [1.29, 1.82) is 5.26 Å². The van der Waals surface area contributed by atoms with E-state index in [2.05, 4.69) is 15.7 Å². The molecule has 0 unspecified atom stereocenters. The zero-order valence-electron chi connectivity index (χ0n) is 15.9. The Morgan fingerprint density at radius 2 is 2.00 bits per heavy atom. The van der Waals surface area contributed by atoms with Crippen molar-refractivity contribution in [2.75, 3.05) is 18.8 Å². The minimum Gasteiger partial charge on any atom is -0.382 e. The van der Waals surface area contributed by atoms with Crippen molar-refractivity contribution in [3.8, 4) is 11.8 Å². The summed E-state index contributed by atoms with van der Waals surface area (Å²) in [5.74, 6) is -0.811. The first kappa shape index (κ1) is 21.0. The SMILES string of the molecule is N#Cc1c(CCCNC(=O)CNC(=O)c2ccsc2)nn(-c2ccc(F)cc2)c1N. The lowest BCUT2D eigenvalue weighted by Crippen LogP contribution is -2.37. The van der Waals surface area contributed by atoms with Gasteiger partial charge in [-0.15, -0.1) is 0 Å². The average molecular weight is 426 g/mol. The van der Waals surface area contributed by atoms with E-state index in [0.29, 0.717) is 36.3 Å². The van der Waals surface area contributed by atoms with E-state index in [1.807, 2.05) is 6.07 Å². The summed E-state index contributed by atoms with van der Waals surface area (Å²) in [5, 5.41) is 22.5. The highest BCUT2D eigenvalue weighted by Gasteiger charge is 2.16. The predicted octanol–water partition coefficient (Wildman–Crippen LogP) is 2.01. The van der Waals surface area contributed by atoms with Crippen LogP contribution in [0, 0.1) is 17.1 Å². The standard InChI is InChI=1S/C20H19FN6O2S/c21-14-3-5-15(6-4-14)27-19(23)16(10-22)17(26-27)2-1-8-24-18(28)11-25-20(29)13-7-9-30-12-13/h3-7,9,12H,1-2,8,11,23H2,(H,24,28)(H,25,29). The predicted molar refractivity (Wildman–Crippen MR) is 111 cm³/mol. The molecule has 0 fully saturated rings.